The molecule has 1 rings (SSSR count). The lowest BCUT2D eigenvalue weighted by Crippen LogP contribution is -1.90. The van der Waals surface area contributed by atoms with E-state index in [1.165, 1.54) is 12.1 Å². The molecule has 0 aliphatic carbocycles. The molecule has 0 aliphatic rings. The van der Waals surface area contributed by atoms with Crippen LogP contribution in [0.5, 0.6) is 0 Å². The lowest BCUT2D eigenvalue weighted by molar-refractivity contribution is -0.385. The molecule has 0 bridgehead atoms. The maximum Gasteiger partial charge on any atom is 0.284 e. The Kier molecular flexibility index (Phi) is 1.53. The van der Waals surface area contributed by atoms with Gasteiger partial charge in [0.1, 0.15) is 6.93 Å². The Bertz CT molecular complexity index is 365. The molecule has 0 heterocycles. The van der Waals surface area contributed by atoms with E-state index in [0.29, 0.717) is 0 Å². The van der Waals surface area contributed by atoms with Gasteiger partial charge in [0.25, 0.3) is 5.69 Å². The molecule has 0 fully saturated rings. The number of nitro groups is 1. The third-order valence-corrected chi connectivity index (χ3v) is 1.24. The second-order valence-corrected chi connectivity index (χ2v) is 1.90. The zero-order valence-electron chi connectivity index (χ0n) is 6.57. The van der Waals surface area contributed by atoms with E-state index in [2.05, 4.69) is 5.92 Å². The van der Waals surface area contributed by atoms with Crippen LogP contribution in [0.2, 0.25) is 0 Å². The lowest BCUT2D eigenvalue weighted by atomic mass is 10.2. The van der Waals surface area contributed by atoms with E-state index in [1.807, 2.05) is 6.40 Å². The molecule has 1 aromatic rings. The van der Waals surface area contributed by atoms with Gasteiger partial charge in [-0.2, -0.15) is 0 Å². The second kappa shape index (κ2) is 2.84. The van der Waals surface area contributed by atoms with Crippen molar-refractivity contribution in [2.75, 3.05) is 0 Å². The van der Waals surface area contributed by atoms with Crippen LogP contribution in [0, 0.1) is 22.4 Å². The number of rotatable bonds is 1. The Balaban J connectivity index is 3.23. The minimum absolute atomic E-state index is 0.0581. The molecule has 0 saturated heterocycles. The first kappa shape index (κ1) is 5.93. The van der Waals surface area contributed by atoms with Crippen LogP contribution in [0.25, 0.3) is 0 Å². The van der Waals surface area contributed by atoms with Crippen LogP contribution in [0.15, 0.2) is 24.3 Å². The maximum atomic E-state index is 10.4. The highest BCUT2D eigenvalue weighted by molar-refractivity contribution is 5.49. The molecule has 0 amide bonds. The summed E-state index contributed by atoms with van der Waals surface area (Å²) in [6.07, 6.45) is 1.87. The van der Waals surface area contributed by atoms with Crippen molar-refractivity contribution in [2.45, 2.75) is 0 Å². The number of nitro benzene ring substituents is 1. The number of hydrogen-bond donors (Lipinski definition) is 0. The summed E-state index contributed by atoms with van der Waals surface area (Å²) in [6, 6.07) is 6.08. The molecule has 54 valence electrons. The normalized spacial score (nSPS) is 9.27. The summed E-state index contributed by atoms with van der Waals surface area (Å²) in [5.41, 5.74) is 0.217. The van der Waals surface area contributed by atoms with Crippen molar-refractivity contribution in [3.05, 3.63) is 39.9 Å². The number of benzene rings is 1. The highest BCUT2D eigenvalue weighted by atomic mass is 16.6. The topological polar surface area (TPSA) is 43.1 Å². The van der Waals surface area contributed by atoms with Gasteiger partial charge in [0.15, 0.2) is 0 Å². The van der Waals surface area contributed by atoms with Crippen LogP contribution < -0.4 is 0 Å². The summed E-state index contributed by atoms with van der Waals surface area (Å²) in [6.45, 7) is 0. The highest BCUT2D eigenvalue weighted by Crippen LogP contribution is 2.15. The third-order valence-electron chi connectivity index (χ3n) is 1.24. The standard InChI is InChI=1S/C8H5NO2/c1-2-7-5-3-4-6-8(7)9(10)11/h1,3-6H/i1D. The van der Waals surface area contributed by atoms with E-state index in [0.717, 1.165) is 0 Å². The van der Waals surface area contributed by atoms with Gasteiger partial charge < -0.3 is 0 Å². The summed E-state index contributed by atoms with van der Waals surface area (Å²) in [4.78, 5) is 9.86. The van der Waals surface area contributed by atoms with Crippen molar-refractivity contribution in [1.29, 1.82) is 0 Å². The number of hydrogen-bond acceptors (Lipinski definition) is 2. The van der Waals surface area contributed by atoms with Crippen LogP contribution >= 0.6 is 0 Å². The lowest BCUT2D eigenvalue weighted by Gasteiger charge is -1.92. The Morgan fingerprint density at radius 3 is 3.00 bits per heavy atom. The SMILES string of the molecule is [2H]C#Cc1ccccc1[N+](=O)[O-]. The largest absolute Gasteiger partial charge is 0.284 e. The first-order valence-electron chi connectivity index (χ1n) is 3.42. The fourth-order valence-corrected chi connectivity index (χ4v) is 0.739. The van der Waals surface area contributed by atoms with Crippen molar-refractivity contribution >= 4 is 5.69 Å². The molecule has 3 nitrogen and oxygen atoms in total. The average molecular weight is 148 g/mol. The Morgan fingerprint density at radius 1 is 1.64 bits per heavy atom. The fraction of sp³-hybridized carbons (Fsp3) is 0. The van der Waals surface area contributed by atoms with Crippen molar-refractivity contribution < 1.29 is 6.29 Å². The fourth-order valence-electron chi connectivity index (χ4n) is 0.739. The van der Waals surface area contributed by atoms with E-state index in [-0.39, 0.29) is 11.3 Å². The van der Waals surface area contributed by atoms with Gasteiger partial charge in [-0.05, 0) is 6.07 Å². The van der Waals surface area contributed by atoms with Crippen molar-refractivity contribution in [1.82, 2.24) is 0 Å². The first-order chi connectivity index (χ1) is 5.75. The molecule has 1 aromatic carbocycles. The van der Waals surface area contributed by atoms with Crippen LogP contribution in [-0.2, 0) is 0 Å². The Morgan fingerprint density at radius 2 is 2.36 bits per heavy atom. The number of terminal acetylenes is 1. The van der Waals surface area contributed by atoms with Gasteiger partial charge >= 0.3 is 0 Å². The minimum Gasteiger partial charge on any atom is -0.258 e. The van der Waals surface area contributed by atoms with Crippen LogP contribution in [0.3, 0.4) is 0 Å². The summed E-state index contributed by atoms with van der Waals surface area (Å²) in [7, 11) is 0. The Labute approximate surface area is 65.2 Å². The van der Waals surface area contributed by atoms with E-state index >= 15 is 0 Å². The van der Waals surface area contributed by atoms with Crippen molar-refractivity contribution in [2.24, 2.45) is 0 Å². The van der Waals surface area contributed by atoms with Gasteiger partial charge in [-0.25, -0.2) is 0 Å². The number of para-hydroxylation sites is 1. The summed E-state index contributed by atoms with van der Waals surface area (Å²) >= 11 is 0. The number of nitrogens with zero attached hydrogens (tertiary/aromatic N) is 1. The summed E-state index contributed by atoms with van der Waals surface area (Å²) in [5, 5.41) is 10.4. The smallest absolute Gasteiger partial charge is 0.258 e. The molecule has 0 spiro atoms. The highest BCUT2D eigenvalue weighted by Gasteiger charge is 2.08. The van der Waals surface area contributed by atoms with Gasteiger partial charge in [0, 0.05) is 6.07 Å². The minimum atomic E-state index is -0.514. The average Bonchev–Trinajstić information content (AvgIpc) is 2.05. The predicted octanol–water partition coefficient (Wildman–Crippen LogP) is 1.58. The van der Waals surface area contributed by atoms with E-state index in [1.54, 1.807) is 12.1 Å². The zero-order chi connectivity index (χ0) is 8.97. The van der Waals surface area contributed by atoms with Crippen LogP contribution in [0.1, 0.15) is 6.93 Å². The molecular weight excluding hydrogens is 142 g/mol. The van der Waals surface area contributed by atoms with E-state index < -0.39 is 4.92 Å². The first-order valence-corrected chi connectivity index (χ1v) is 2.92. The summed E-state index contributed by atoms with van der Waals surface area (Å²) < 4.78 is 6.59. The van der Waals surface area contributed by atoms with E-state index in [9.17, 15) is 10.1 Å². The molecule has 0 radical (unpaired) electrons. The van der Waals surface area contributed by atoms with E-state index in [4.69, 9.17) is 1.37 Å². The van der Waals surface area contributed by atoms with Gasteiger partial charge in [-0.15, -0.1) is 6.40 Å². The Hall–Kier alpha value is -1.82. The monoisotopic (exact) mass is 148 g/mol. The van der Waals surface area contributed by atoms with Crippen molar-refractivity contribution in [3.63, 3.8) is 0 Å². The molecule has 3 heteroatoms. The molecule has 0 unspecified atom stereocenters. The molecule has 0 aromatic heterocycles. The third kappa shape index (κ3) is 1.36. The molecule has 0 saturated carbocycles. The quantitative estimate of drug-likeness (QED) is 0.344. The van der Waals surface area contributed by atoms with Crippen LogP contribution in [0.4, 0.5) is 5.69 Å². The van der Waals surface area contributed by atoms with Gasteiger partial charge in [-0.1, -0.05) is 18.1 Å². The molecule has 0 aliphatic heterocycles. The van der Waals surface area contributed by atoms with Gasteiger partial charge in [0.05, 0.1) is 4.92 Å². The predicted molar refractivity (Wildman–Crippen MR) is 41.0 cm³/mol. The van der Waals surface area contributed by atoms with Crippen molar-refractivity contribution in [3.8, 4) is 12.3 Å². The summed E-state index contributed by atoms with van der Waals surface area (Å²) in [5.74, 6) is 2.33. The van der Waals surface area contributed by atoms with Crippen LogP contribution in [-0.4, -0.2) is 4.92 Å². The molecule has 0 atom stereocenters. The van der Waals surface area contributed by atoms with Gasteiger partial charge in [-0.3, -0.25) is 10.1 Å². The van der Waals surface area contributed by atoms with Gasteiger partial charge in [0.2, 0.25) is 0 Å². The zero-order valence-corrected chi connectivity index (χ0v) is 5.57. The molecule has 0 N–H and O–H groups in total. The molecule has 11 heavy (non-hydrogen) atoms. The molecular formula is C8H5NO2. The second-order valence-electron chi connectivity index (χ2n) is 1.90. The maximum absolute atomic E-state index is 10.4.